The van der Waals surface area contributed by atoms with Crippen LogP contribution in [-0.2, 0) is 0 Å². The molecule has 2 aromatic rings. The molecule has 0 radical (unpaired) electrons. The maximum atomic E-state index is 11.7. The van der Waals surface area contributed by atoms with Gasteiger partial charge in [0.05, 0.1) is 6.54 Å². The topological polar surface area (TPSA) is 50.4 Å². The van der Waals surface area contributed by atoms with E-state index in [-0.39, 0.29) is 6.03 Å². The Morgan fingerprint density at radius 1 is 1.14 bits per heavy atom. The fourth-order valence-corrected chi connectivity index (χ4v) is 2.28. The standard InChI is InChI=1S/C17H19ClN2O2/c1-12-5-3-6-13(2)16(12)22-10-9-19-17(21)20-15-8-4-7-14(18)11-15/h3-8,11H,9-10H2,1-2H3,(H2,19,20,21). The molecule has 5 heteroatoms. The van der Waals surface area contributed by atoms with Gasteiger partial charge in [0.25, 0.3) is 0 Å². The normalized spacial score (nSPS) is 10.1. The summed E-state index contributed by atoms with van der Waals surface area (Å²) in [6, 6.07) is 12.7. The molecule has 0 saturated heterocycles. The van der Waals surface area contributed by atoms with Gasteiger partial charge in [0.1, 0.15) is 12.4 Å². The number of anilines is 1. The summed E-state index contributed by atoms with van der Waals surface area (Å²) in [4.78, 5) is 11.7. The minimum atomic E-state index is -0.285. The van der Waals surface area contributed by atoms with Gasteiger partial charge >= 0.3 is 6.03 Å². The third kappa shape index (κ3) is 4.67. The summed E-state index contributed by atoms with van der Waals surface area (Å²) in [6.45, 7) is 4.83. The number of hydrogen-bond donors (Lipinski definition) is 2. The Bertz CT molecular complexity index is 639. The number of benzene rings is 2. The largest absolute Gasteiger partial charge is 0.491 e. The van der Waals surface area contributed by atoms with Crippen molar-refractivity contribution < 1.29 is 9.53 Å². The number of rotatable bonds is 5. The molecule has 2 amide bonds. The lowest BCUT2D eigenvalue weighted by Crippen LogP contribution is -2.32. The van der Waals surface area contributed by atoms with Gasteiger partial charge in [0, 0.05) is 10.7 Å². The molecule has 0 aliphatic carbocycles. The molecule has 2 aromatic carbocycles. The van der Waals surface area contributed by atoms with E-state index in [1.165, 1.54) is 0 Å². The van der Waals surface area contributed by atoms with Crippen LogP contribution in [0.4, 0.5) is 10.5 Å². The van der Waals surface area contributed by atoms with E-state index in [1.54, 1.807) is 24.3 Å². The summed E-state index contributed by atoms with van der Waals surface area (Å²) in [5.74, 6) is 0.875. The highest BCUT2D eigenvalue weighted by molar-refractivity contribution is 6.30. The number of carbonyl (C=O) groups excluding carboxylic acids is 1. The molecular weight excluding hydrogens is 300 g/mol. The van der Waals surface area contributed by atoms with Gasteiger partial charge in [-0.2, -0.15) is 0 Å². The molecule has 0 fully saturated rings. The molecule has 0 aliphatic heterocycles. The van der Waals surface area contributed by atoms with Gasteiger partial charge in [-0.25, -0.2) is 4.79 Å². The first kappa shape index (κ1) is 16.2. The summed E-state index contributed by atoms with van der Waals surface area (Å²) < 4.78 is 5.72. The summed E-state index contributed by atoms with van der Waals surface area (Å²) in [5.41, 5.74) is 2.83. The van der Waals surface area contributed by atoms with E-state index in [0.717, 1.165) is 16.9 Å². The molecule has 0 spiro atoms. The molecule has 0 aliphatic rings. The average Bonchev–Trinajstić information content (AvgIpc) is 2.46. The lowest BCUT2D eigenvalue weighted by molar-refractivity contribution is 0.247. The van der Waals surface area contributed by atoms with Gasteiger partial charge in [-0.3, -0.25) is 0 Å². The second-order valence-corrected chi connectivity index (χ2v) is 5.40. The second-order valence-electron chi connectivity index (χ2n) is 4.96. The molecule has 0 saturated carbocycles. The number of amides is 2. The van der Waals surface area contributed by atoms with Crippen molar-refractivity contribution in [2.75, 3.05) is 18.5 Å². The number of nitrogens with one attached hydrogen (secondary N) is 2. The molecule has 0 heterocycles. The summed E-state index contributed by atoms with van der Waals surface area (Å²) in [6.07, 6.45) is 0. The molecule has 4 nitrogen and oxygen atoms in total. The van der Waals surface area contributed by atoms with Crippen molar-refractivity contribution in [1.82, 2.24) is 5.32 Å². The van der Waals surface area contributed by atoms with Crippen molar-refractivity contribution in [2.24, 2.45) is 0 Å². The highest BCUT2D eigenvalue weighted by atomic mass is 35.5. The summed E-state index contributed by atoms with van der Waals surface area (Å²) in [7, 11) is 0. The smallest absolute Gasteiger partial charge is 0.319 e. The summed E-state index contributed by atoms with van der Waals surface area (Å²) >= 11 is 5.86. The first-order valence-electron chi connectivity index (χ1n) is 7.05. The van der Waals surface area contributed by atoms with Crippen molar-refractivity contribution in [3.63, 3.8) is 0 Å². The fourth-order valence-electron chi connectivity index (χ4n) is 2.09. The number of hydrogen-bond acceptors (Lipinski definition) is 2. The quantitative estimate of drug-likeness (QED) is 0.813. The van der Waals surface area contributed by atoms with Gasteiger partial charge in [0.15, 0.2) is 0 Å². The number of aryl methyl sites for hydroxylation is 2. The van der Waals surface area contributed by atoms with Gasteiger partial charge < -0.3 is 15.4 Å². The van der Waals surface area contributed by atoms with Crippen LogP contribution in [0.5, 0.6) is 5.75 Å². The van der Waals surface area contributed by atoms with E-state index < -0.39 is 0 Å². The lowest BCUT2D eigenvalue weighted by Gasteiger charge is -2.12. The predicted molar refractivity (Wildman–Crippen MR) is 89.9 cm³/mol. The van der Waals surface area contributed by atoms with Gasteiger partial charge in [-0.05, 0) is 43.2 Å². The maximum absolute atomic E-state index is 11.7. The zero-order chi connectivity index (χ0) is 15.9. The van der Waals surface area contributed by atoms with E-state index in [2.05, 4.69) is 10.6 Å². The van der Waals surface area contributed by atoms with Crippen LogP contribution in [0.1, 0.15) is 11.1 Å². The Balaban J connectivity index is 1.76. The lowest BCUT2D eigenvalue weighted by atomic mass is 10.1. The molecule has 0 unspecified atom stereocenters. The van der Waals surface area contributed by atoms with Gasteiger partial charge in [-0.1, -0.05) is 35.9 Å². The molecule has 2 rings (SSSR count). The van der Waals surface area contributed by atoms with Crippen molar-refractivity contribution in [1.29, 1.82) is 0 Å². The molecule has 2 N–H and O–H groups in total. The first-order valence-corrected chi connectivity index (χ1v) is 7.43. The predicted octanol–water partition coefficient (Wildman–Crippen LogP) is 4.16. The van der Waals surface area contributed by atoms with Crippen molar-refractivity contribution in [3.05, 3.63) is 58.6 Å². The number of urea groups is 1. The highest BCUT2D eigenvalue weighted by Gasteiger charge is 2.04. The van der Waals surface area contributed by atoms with E-state index in [9.17, 15) is 4.79 Å². The molecule has 116 valence electrons. The van der Waals surface area contributed by atoms with Crippen LogP contribution < -0.4 is 15.4 Å². The number of carbonyl (C=O) groups is 1. The van der Waals surface area contributed by atoms with Gasteiger partial charge in [-0.15, -0.1) is 0 Å². The molecule has 22 heavy (non-hydrogen) atoms. The van der Waals surface area contributed by atoms with E-state index in [1.807, 2.05) is 32.0 Å². The van der Waals surface area contributed by atoms with E-state index in [0.29, 0.717) is 23.9 Å². The van der Waals surface area contributed by atoms with Crippen LogP contribution in [0.15, 0.2) is 42.5 Å². The minimum Gasteiger partial charge on any atom is -0.491 e. The zero-order valence-electron chi connectivity index (χ0n) is 12.7. The SMILES string of the molecule is Cc1cccc(C)c1OCCNC(=O)Nc1cccc(Cl)c1. The third-order valence-corrected chi connectivity index (χ3v) is 3.36. The summed E-state index contributed by atoms with van der Waals surface area (Å²) in [5, 5.41) is 6.04. The van der Waals surface area contributed by atoms with Crippen LogP contribution in [0, 0.1) is 13.8 Å². The number of halogens is 1. The Hall–Kier alpha value is -2.20. The van der Waals surface area contributed by atoms with Crippen LogP contribution in [0.25, 0.3) is 0 Å². The first-order chi connectivity index (χ1) is 10.6. The average molecular weight is 319 g/mol. The minimum absolute atomic E-state index is 0.285. The monoisotopic (exact) mass is 318 g/mol. The second kappa shape index (κ2) is 7.71. The zero-order valence-corrected chi connectivity index (χ0v) is 13.4. The van der Waals surface area contributed by atoms with Gasteiger partial charge in [0.2, 0.25) is 0 Å². The Labute approximate surface area is 135 Å². The highest BCUT2D eigenvalue weighted by Crippen LogP contribution is 2.21. The molecule has 0 bridgehead atoms. The van der Waals surface area contributed by atoms with Crippen molar-refractivity contribution in [2.45, 2.75) is 13.8 Å². The number of ether oxygens (including phenoxy) is 1. The van der Waals surface area contributed by atoms with Crippen LogP contribution in [0.2, 0.25) is 5.02 Å². The van der Waals surface area contributed by atoms with Crippen LogP contribution >= 0.6 is 11.6 Å². The fraction of sp³-hybridized carbons (Fsp3) is 0.235. The molecule has 0 aromatic heterocycles. The van der Waals surface area contributed by atoms with Crippen LogP contribution in [0.3, 0.4) is 0 Å². The maximum Gasteiger partial charge on any atom is 0.319 e. The van der Waals surface area contributed by atoms with Crippen molar-refractivity contribution >= 4 is 23.3 Å². The van der Waals surface area contributed by atoms with E-state index >= 15 is 0 Å². The molecular formula is C17H19ClN2O2. The Morgan fingerprint density at radius 2 is 1.82 bits per heavy atom. The number of para-hydroxylation sites is 1. The molecule has 0 atom stereocenters. The Morgan fingerprint density at radius 3 is 2.50 bits per heavy atom. The van der Waals surface area contributed by atoms with Crippen LogP contribution in [-0.4, -0.2) is 19.2 Å². The Kier molecular flexibility index (Phi) is 5.67. The third-order valence-electron chi connectivity index (χ3n) is 3.13. The van der Waals surface area contributed by atoms with E-state index in [4.69, 9.17) is 16.3 Å². The van der Waals surface area contributed by atoms with Crippen molar-refractivity contribution in [3.8, 4) is 5.75 Å².